The molecule has 0 N–H and O–H groups in total. The molecule has 5 rings (SSSR count). The number of ether oxygens (including phenoxy) is 1. The van der Waals surface area contributed by atoms with E-state index in [1.54, 1.807) is 61.5 Å². The summed E-state index contributed by atoms with van der Waals surface area (Å²) in [5, 5.41) is 1.96. The van der Waals surface area contributed by atoms with Crippen molar-refractivity contribution in [2.45, 2.75) is 24.3 Å². The van der Waals surface area contributed by atoms with Gasteiger partial charge in [0.05, 0.1) is 21.8 Å². The van der Waals surface area contributed by atoms with E-state index in [-0.39, 0.29) is 17.5 Å². The second kappa shape index (κ2) is 9.21. The molecule has 0 spiro atoms. The monoisotopic (exact) mass is 503 g/mol. The summed E-state index contributed by atoms with van der Waals surface area (Å²) in [5.41, 5.74) is 2.56. The molecular formula is C28H22ClNO4S. The van der Waals surface area contributed by atoms with E-state index in [0.29, 0.717) is 21.6 Å². The van der Waals surface area contributed by atoms with Gasteiger partial charge in [-0.25, -0.2) is 12.4 Å². The highest BCUT2D eigenvalue weighted by atomic mass is 35.5. The minimum atomic E-state index is -3.91. The van der Waals surface area contributed by atoms with E-state index in [1.807, 2.05) is 42.5 Å². The zero-order valence-corrected chi connectivity index (χ0v) is 20.5. The standard InChI is InChI=1S/C28H22ClNO4S/c1-19(28(31)34-18-20-8-4-2-5-9-20)21-12-14-24-25-17-22(29)13-15-26(25)30(27(24)16-21)35(32,33)23-10-6-3-7-11-23/h2-17,19H,18H2,1H3. The molecule has 1 atom stereocenters. The first kappa shape index (κ1) is 23.1. The van der Waals surface area contributed by atoms with Gasteiger partial charge in [-0.15, -0.1) is 0 Å². The molecule has 1 heterocycles. The van der Waals surface area contributed by atoms with Crippen molar-refractivity contribution in [2.75, 3.05) is 0 Å². The number of hydrogen-bond acceptors (Lipinski definition) is 4. The molecule has 0 radical (unpaired) electrons. The zero-order chi connectivity index (χ0) is 24.6. The normalized spacial score (nSPS) is 12.6. The van der Waals surface area contributed by atoms with Crippen LogP contribution in [0.2, 0.25) is 5.02 Å². The molecule has 0 aliphatic heterocycles. The van der Waals surface area contributed by atoms with Crippen molar-refractivity contribution in [2.24, 2.45) is 0 Å². The number of hydrogen-bond donors (Lipinski definition) is 0. The van der Waals surface area contributed by atoms with Gasteiger partial charge >= 0.3 is 5.97 Å². The van der Waals surface area contributed by atoms with Gasteiger partial charge in [0.2, 0.25) is 0 Å². The van der Waals surface area contributed by atoms with Gasteiger partial charge in [-0.05, 0) is 54.4 Å². The van der Waals surface area contributed by atoms with E-state index < -0.39 is 15.9 Å². The molecule has 35 heavy (non-hydrogen) atoms. The first-order chi connectivity index (χ1) is 16.9. The van der Waals surface area contributed by atoms with Gasteiger partial charge in [-0.2, -0.15) is 0 Å². The van der Waals surface area contributed by atoms with Crippen LogP contribution >= 0.6 is 11.6 Å². The lowest BCUT2D eigenvalue weighted by molar-refractivity contribution is -0.146. The third-order valence-electron chi connectivity index (χ3n) is 6.07. The lowest BCUT2D eigenvalue weighted by Crippen LogP contribution is -2.14. The number of esters is 1. The summed E-state index contributed by atoms with van der Waals surface area (Å²) in [5.74, 6) is -0.970. The van der Waals surface area contributed by atoms with Gasteiger partial charge in [-0.1, -0.05) is 72.3 Å². The van der Waals surface area contributed by atoms with E-state index in [9.17, 15) is 13.2 Å². The Hall–Kier alpha value is -3.61. The number of benzene rings is 4. The number of carbonyl (C=O) groups is 1. The number of fused-ring (bicyclic) bond motifs is 3. The molecule has 1 unspecified atom stereocenters. The second-order valence-corrected chi connectivity index (χ2v) is 10.6. The molecule has 1 aromatic heterocycles. The number of nitrogens with zero attached hydrogens (tertiary/aromatic N) is 1. The fraction of sp³-hybridized carbons (Fsp3) is 0.107. The molecule has 176 valence electrons. The van der Waals surface area contributed by atoms with E-state index in [0.717, 1.165) is 16.3 Å². The van der Waals surface area contributed by atoms with E-state index in [2.05, 4.69) is 0 Å². The Bertz CT molecular complexity index is 1640. The maximum atomic E-state index is 13.7. The van der Waals surface area contributed by atoms with Gasteiger partial charge in [0.15, 0.2) is 0 Å². The molecule has 0 saturated heterocycles. The lowest BCUT2D eigenvalue weighted by atomic mass is 9.99. The predicted molar refractivity (Wildman–Crippen MR) is 138 cm³/mol. The summed E-state index contributed by atoms with van der Waals surface area (Å²) in [6.45, 7) is 1.93. The number of carbonyl (C=O) groups excluding carboxylic acids is 1. The molecule has 0 aliphatic rings. The Morgan fingerprint density at radius 3 is 2.26 bits per heavy atom. The summed E-state index contributed by atoms with van der Waals surface area (Å²) >= 11 is 6.25. The number of rotatable bonds is 6. The first-order valence-electron chi connectivity index (χ1n) is 11.1. The van der Waals surface area contributed by atoms with Gasteiger partial charge in [0.1, 0.15) is 6.61 Å². The Morgan fingerprint density at radius 1 is 0.857 bits per heavy atom. The van der Waals surface area contributed by atoms with E-state index >= 15 is 0 Å². The Kier molecular flexibility index (Phi) is 6.09. The average Bonchev–Trinajstić information content (AvgIpc) is 3.21. The minimum Gasteiger partial charge on any atom is -0.460 e. The van der Waals surface area contributed by atoms with Gasteiger partial charge < -0.3 is 4.74 Å². The minimum absolute atomic E-state index is 0.174. The largest absolute Gasteiger partial charge is 0.460 e. The van der Waals surface area contributed by atoms with E-state index in [1.165, 1.54) is 3.97 Å². The molecule has 0 saturated carbocycles. The molecule has 0 fully saturated rings. The number of aromatic nitrogens is 1. The summed E-state index contributed by atoms with van der Waals surface area (Å²) < 4.78 is 34.3. The van der Waals surface area contributed by atoms with Crippen molar-refractivity contribution >= 4 is 49.4 Å². The van der Waals surface area contributed by atoms with Crippen molar-refractivity contribution in [3.8, 4) is 0 Å². The molecule has 7 heteroatoms. The smallest absolute Gasteiger partial charge is 0.313 e. The number of halogens is 1. The Morgan fingerprint density at radius 2 is 1.54 bits per heavy atom. The molecule has 0 amide bonds. The fourth-order valence-corrected chi connectivity index (χ4v) is 5.90. The molecule has 4 aromatic carbocycles. The topological polar surface area (TPSA) is 65.4 Å². The zero-order valence-electron chi connectivity index (χ0n) is 18.9. The van der Waals surface area contributed by atoms with Crippen molar-refractivity contribution in [1.29, 1.82) is 0 Å². The third-order valence-corrected chi connectivity index (χ3v) is 8.04. The fourth-order valence-electron chi connectivity index (χ4n) is 4.19. The van der Waals surface area contributed by atoms with E-state index in [4.69, 9.17) is 16.3 Å². The predicted octanol–water partition coefficient (Wildman–Crippen LogP) is 6.53. The molecule has 5 aromatic rings. The van der Waals surface area contributed by atoms with Gasteiger partial charge in [0.25, 0.3) is 10.0 Å². The maximum Gasteiger partial charge on any atom is 0.313 e. The summed E-state index contributed by atoms with van der Waals surface area (Å²) in [6, 6.07) is 28.3. The van der Waals surface area contributed by atoms with Gasteiger partial charge in [0, 0.05) is 15.8 Å². The van der Waals surface area contributed by atoms with Crippen molar-refractivity contribution < 1.29 is 17.9 Å². The SMILES string of the molecule is CC(C(=O)OCc1ccccc1)c1ccc2c3cc(Cl)ccc3n(S(=O)(=O)c3ccccc3)c2c1. The molecule has 0 bridgehead atoms. The van der Waals surface area contributed by atoms with Crippen LogP contribution in [0.3, 0.4) is 0 Å². The summed E-state index contributed by atoms with van der Waals surface area (Å²) in [7, 11) is -3.91. The molecule has 5 nitrogen and oxygen atoms in total. The van der Waals surface area contributed by atoms with Crippen LogP contribution in [0.4, 0.5) is 0 Å². The average molecular weight is 504 g/mol. The van der Waals surface area contributed by atoms with Crippen LogP contribution in [0, 0.1) is 0 Å². The van der Waals surface area contributed by atoms with Crippen LogP contribution in [0.15, 0.2) is 102 Å². The molecular weight excluding hydrogens is 482 g/mol. The van der Waals surface area contributed by atoms with Gasteiger partial charge in [-0.3, -0.25) is 4.79 Å². The highest BCUT2D eigenvalue weighted by molar-refractivity contribution is 7.90. The quantitative estimate of drug-likeness (QED) is 0.247. The second-order valence-electron chi connectivity index (χ2n) is 8.34. The Labute approximate surface area is 208 Å². The third kappa shape index (κ3) is 4.31. The van der Waals surface area contributed by atoms with Crippen LogP contribution in [0.1, 0.15) is 24.0 Å². The Balaban J connectivity index is 1.60. The first-order valence-corrected chi connectivity index (χ1v) is 12.9. The summed E-state index contributed by atoms with van der Waals surface area (Å²) in [4.78, 5) is 13.0. The molecule has 0 aliphatic carbocycles. The van der Waals surface area contributed by atoms with Crippen molar-refractivity contribution in [1.82, 2.24) is 3.97 Å². The highest BCUT2D eigenvalue weighted by Gasteiger charge is 2.25. The maximum absolute atomic E-state index is 13.7. The van der Waals surface area contributed by atoms with Crippen molar-refractivity contribution in [3.63, 3.8) is 0 Å². The van der Waals surface area contributed by atoms with Crippen LogP contribution < -0.4 is 0 Å². The van der Waals surface area contributed by atoms with Crippen LogP contribution in [0.5, 0.6) is 0 Å². The summed E-state index contributed by atoms with van der Waals surface area (Å²) in [6.07, 6.45) is 0. The lowest BCUT2D eigenvalue weighted by Gasteiger charge is -2.14. The van der Waals surface area contributed by atoms with Crippen molar-refractivity contribution in [3.05, 3.63) is 113 Å². The van der Waals surface area contributed by atoms with Crippen LogP contribution in [-0.2, 0) is 26.2 Å². The van der Waals surface area contributed by atoms with Crippen LogP contribution in [0.25, 0.3) is 21.8 Å². The van der Waals surface area contributed by atoms with Crippen LogP contribution in [-0.4, -0.2) is 18.4 Å². The highest BCUT2D eigenvalue weighted by Crippen LogP contribution is 2.35.